The highest BCUT2D eigenvalue weighted by Crippen LogP contribution is 2.29. The minimum Gasteiger partial charge on any atom is -0.497 e. The summed E-state index contributed by atoms with van der Waals surface area (Å²) in [5, 5.41) is 2.88. The normalized spacial score (nSPS) is 11.8. The minimum atomic E-state index is -4.17. The summed E-state index contributed by atoms with van der Waals surface area (Å²) in [4.78, 5) is 29.8. The zero-order valence-corrected chi connectivity index (χ0v) is 27.3. The fourth-order valence-corrected chi connectivity index (χ4v) is 6.64. The van der Waals surface area contributed by atoms with Crippen molar-refractivity contribution in [2.45, 2.75) is 51.6 Å². The Morgan fingerprint density at radius 2 is 1.51 bits per heavy atom. The molecule has 0 aliphatic heterocycles. The van der Waals surface area contributed by atoms with E-state index in [1.54, 1.807) is 49.6 Å². The average Bonchev–Trinajstić information content (AvgIpc) is 3.03. The van der Waals surface area contributed by atoms with Crippen molar-refractivity contribution in [2.75, 3.05) is 24.5 Å². The van der Waals surface area contributed by atoms with Crippen molar-refractivity contribution in [3.8, 4) is 5.75 Å². The van der Waals surface area contributed by atoms with Crippen LogP contribution < -0.4 is 14.4 Å². The smallest absolute Gasteiger partial charge is 0.264 e. The monoisotopic (exact) mass is 627 g/mol. The van der Waals surface area contributed by atoms with Gasteiger partial charge in [-0.2, -0.15) is 0 Å². The number of hydrogen-bond acceptors (Lipinski definition) is 5. The number of nitrogens with zero attached hydrogens (tertiary/aromatic N) is 2. The predicted octanol–water partition coefficient (Wildman–Crippen LogP) is 5.59. The van der Waals surface area contributed by atoms with E-state index in [2.05, 4.69) is 5.32 Å². The Labute approximate surface area is 266 Å². The van der Waals surface area contributed by atoms with E-state index in [4.69, 9.17) is 4.74 Å². The Balaban J connectivity index is 1.83. The third-order valence-electron chi connectivity index (χ3n) is 7.84. The van der Waals surface area contributed by atoms with Crippen LogP contribution in [0.15, 0.2) is 102 Å². The Bertz CT molecular complexity index is 1720. The molecule has 0 heterocycles. The van der Waals surface area contributed by atoms with Crippen LogP contribution in [-0.4, -0.2) is 51.4 Å². The maximum atomic E-state index is 14.6. The lowest BCUT2D eigenvalue weighted by Crippen LogP contribution is -2.53. The standard InChI is InChI=1S/C36H41N3O5S/c1-6-37-36(41)34(23-29-13-8-7-9-14-29)38(24-30-15-11-16-31(22-30)44-5)35(40)25-39(33-17-10-12-27(3)28(33)4)45(42,43)32-20-18-26(2)19-21-32/h7-22,34H,6,23-25H2,1-5H3,(H,37,41)/t34-/m0/s1. The van der Waals surface area contributed by atoms with Crippen molar-refractivity contribution in [1.29, 1.82) is 0 Å². The number of hydrogen-bond donors (Lipinski definition) is 1. The zero-order valence-electron chi connectivity index (χ0n) is 26.5. The molecule has 0 bridgehead atoms. The summed E-state index contributed by atoms with van der Waals surface area (Å²) in [5.41, 5.74) is 4.56. The Kier molecular flexibility index (Phi) is 11.0. The highest BCUT2D eigenvalue weighted by Gasteiger charge is 2.35. The lowest BCUT2D eigenvalue weighted by atomic mass is 10.0. The molecule has 9 heteroatoms. The maximum Gasteiger partial charge on any atom is 0.264 e. The predicted molar refractivity (Wildman–Crippen MR) is 178 cm³/mol. The fourth-order valence-electron chi connectivity index (χ4n) is 5.17. The van der Waals surface area contributed by atoms with Crippen molar-refractivity contribution in [2.24, 2.45) is 0 Å². The van der Waals surface area contributed by atoms with Gasteiger partial charge in [-0.15, -0.1) is 0 Å². The second-order valence-corrected chi connectivity index (χ2v) is 12.9. The van der Waals surface area contributed by atoms with E-state index < -0.39 is 28.5 Å². The first-order valence-corrected chi connectivity index (χ1v) is 16.4. The number of amides is 2. The van der Waals surface area contributed by atoms with Crippen LogP contribution in [0.5, 0.6) is 5.75 Å². The van der Waals surface area contributed by atoms with Crippen LogP contribution in [0.3, 0.4) is 0 Å². The van der Waals surface area contributed by atoms with Crippen LogP contribution in [0.4, 0.5) is 5.69 Å². The molecule has 45 heavy (non-hydrogen) atoms. The topological polar surface area (TPSA) is 96.0 Å². The average molecular weight is 628 g/mol. The molecule has 0 saturated carbocycles. The Morgan fingerprint density at radius 1 is 0.844 bits per heavy atom. The number of sulfonamides is 1. The van der Waals surface area contributed by atoms with Gasteiger partial charge in [0, 0.05) is 19.5 Å². The first-order chi connectivity index (χ1) is 21.5. The van der Waals surface area contributed by atoms with Crippen molar-refractivity contribution < 1.29 is 22.7 Å². The zero-order chi connectivity index (χ0) is 32.6. The quantitative estimate of drug-likeness (QED) is 0.209. The second kappa shape index (κ2) is 14.9. The summed E-state index contributed by atoms with van der Waals surface area (Å²) < 4.78 is 35.1. The van der Waals surface area contributed by atoms with Gasteiger partial charge in [0.25, 0.3) is 10.0 Å². The van der Waals surface area contributed by atoms with Gasteiger partial charge in [-0.25, -0.2) is 8.42 Å². The summed E-state index contributed by atoms with van der Waals surface area (Å²) in [7, 11) is -2.61. The molecule has 0 spiro atoms. The molecule has 8 nitrogen and oxygen atoms in total. The first-order valence-electron chi connectivity index (χ1n) is 14.9. The van der Waals surface area contributed by atoms with Gasteiger partial charge < -0.3 is 15.0 Å². The van der Waals surface area contributed by atoms with Crippen LogP contribution in [0.25, 0.3) is 0 Å². The van der Waals surface area contributed by atoms with E-state index >= 15 is 0 Å². The van der Waals surface area contributed by atoms with E-state index in [-0.39, 0.29) is 23.8 Å². The summed E-state index contributed by atoms with van der Waals surface area (Å²) in [6, 6.07) is 27.8. The molecule has 1 atom stereocenters. The maximum absolute atomic E-state index is 14.6. The van der Waals surface area contributed by atoms with Crippen molar-refractivity contribution in [3.05, 3.63) is 125 Å². The Hall–Kier alpha value is -4.63. The van der Waals surface area contributed by atoms with Crippen LogP contribution in [0.2, 0.25) is 0 Å². The molecule has 0 aliphatic carbocycles. The molecule has 0 fully saturated rings. The second-order valence-electron chi connectivity index (χ2n) is 11.0. The largest absolute Gasteiger partial charge is 0.497 e. The summed E-state index contributed by atoms with van der Waals surface area (Å²) >= 11 is 0. The number of ether oxygens (including phenoxy) is 1. The molecule has 4 aromatic rings. The van der Waals surface area contributed by atoms with Crippen LogP contribution in [0.1, 0.15) is 34.7 Å². The number of carbonyl (C=O) groups is 2. The number of benzene rings is 4. The molecular weight excluding hydrogens is 586 g/mol. The van der Waals surface area contributed by atoms with Crippen LogP contribution in [0, 0.1) is 20.8 Å². The molecule has 0 saturated heterocycles. The first kappa shape index (κ1) is 33.3. The van der Waals surface area contributed by atoms with Crippen LogP contribution >= 0.6 is 0 Å². The van der Waals surface area contributed by atoms with Gasteiger partial charge in [-0.3, -0.25) is 13.9 Å². The van der Waals surface area contributed by atoms with Gasteiger partial charge in [0.05, 0.1) is 17.7 Å². The molecule has 0 aromatic heterocycles. The molecule has 236 valence electrons. The van der Waals surface area contributed by atoms with Crippen molar-refractivity contribution in [1.82, 2.24) is 10.2 Å². The number of likely N-dealkylation sites (N-methyl/N-ethyl adjacent to an activating group) is 1. The van der Waals surface area contributed by atoms with E-state index in [0.29, 0.717) is 18.0 Å². The SMILES string of the molecule is CCNC(=O)[C@H](Cc1ccccc1)N(Cc1cccc(OC)c1)C(=O)CN(c1cccc(C)c1C)S(=O)(=O)c1ccc(C)cc1. The third-order valence-corrected chi connectivity index (χ3v) is 9.62. The van der Waals surface area contributed by atoms with E-state index in [0.717, 1.165) is 32.1 Å². The molecule has 0 radical (unpaired) electrons. The third kappa shape index (κ3) is 8.10. The number of anilines is 1. The van der Waals surface area contributed by atoms with Crippen LogP contribution in [-0.2, 0) is 32.6 Å². The summed E-state index contributed by atoms with van der Waals surface area (Å²) in [6.45, 7) is 7.38. The number of methoxy groups -OCH3 is 1. The minimum absolute atomic E-state index is 0.0654. The number of nitrogens with one attached hydrogen (secondary N) is 1. The molecule has 4 rings (SSSR count). The molecule has 2 amide bonds. The molecular formula is C36H41N3O5S. The summed E-state index contributed by atoms with van der Waals surface area (Å²) in [5.74, 6) is -0.227. The van der Waals surface area contributed by atoms with Gasteiger partial charge in [0.2, 0.25) is 11.8 Å². The highest BCUT2D eigenvalue weighted by atomic mass is 32.2. The molecule has 1 N–H and O–H groups in total. The van der Waals surface area contributed by atoms with Crippen molar-refractivity contribution in [3.63, 3.8) is 0 Å². The lowest BCUT2D eigenvalue weighted by molar-refractivity contribution is -0.140. The van der Waals surface area contributed by atoms with Gasteiger partial charge in [-0.05, 0) is 80.3 Å². The fraction of sp³-hybridized carbons (Fsp3) is 0.278. The number of carbonyl (C=O) groups excluding carboxylic acids is 2. The van der Waals surface area contributed by atoms with E-state index in [9.17, 15) is 18.0 Å². The molecule has 0 aliphatic rings. The molecule has 0 unspecified atom stereocenters. The van der Waals surface area contributed by atoms with Crippen molar-refractivity contribution >= 4 is 27.5 Å². The lowest BCUT2D eigenvalue weighted by Gasteiger charge is -2.34. The number of rotatable bonds is 13. The Morgan fingerprint density at radius 3 is 2.18 bits per heavy atom. The van der Waals surface area contributed by atoms with Gasteiger partial charge >= 0.3 is 0 Å². The van der Waals surface area contributed by atoms with Gasteiger partial charge in [-0.1, -0.05) is 72.3 Å². The van der Waals surface area contributed by atoms with Gasteiger partial charge in [0.1, 0.15) is 18.3 Å². The van der Waals surface area contributed by atoms with Gasteiger partial charge in [0.15, 0.2) is 0 Å². The summed E-state index contributed by atoms with van der Waals surface area (Å²) in [6.07, 6.45) is 0.247. The highest BCUT2D eigenvalue weighted by molar-refractivity contribution is 7.92. The molecule has 4 aromatic carbocycles. The van der Waals surface area contributed by atoms with E-state index in [1.165, 1.54) is 4.90 Å². The number of aryl methyl sites for hydroxylation is 2. The van der Waals surface area contributed by atoms with E-state index in [1.807, 2.05) is 82.3 Å².